The van der Waals surface area contributed by atoms with Gasteiger partial charge in [-0.25, -0.2) is 9.97 Å². The fourth-order valence-corrected chi connectivity index (χ4v) is 6.07. The molecule has 1 aliphatic rings. The van der Waals surface area contributed by atoms with Gasteiger partial charge in [0.15, 0.2) is 11.0 Å². The van der Waals surface area contributed by atoms with E-state index in [1.807, 2.05) is 35.9 Å². The lowest BCUT2D eigenvalue weighted by Crippen LogP contribution is -2.01. The highest BCUT2D eigenvalue weighted by Gasteiger charge is 2.20. The predicted molar refractivity (Wildman–Crippen MR) is 124 cm³/mol. The van der Waals surface area contributed by atoms with Crippen molar-refractivity contribution in [2.75, 3.05) is 5.73 Å². The molecule has 3 heterocycles. The number of thiophene rings is 1. The van der Waals surface area contributed by atoms with E-state index >= 15 is 0 Å². The van der Waals surface area contributed by atoms with Crippen LogP contribution >= 0.6 is 34.7 Å². The maximum Gasteiger partial charge on any atom is 0.191 e. The molecule has 0 saturated carbocycles. The molecule has 5 rings (SSSR count). The molecular formula is C21H21ClN6S2. The second-order valence-corrected chi connectivity index (χ2v) is 9.89. The molecule has 0 radical (unpaired) electrons. The molecule has 0 amide bonds. The highest BCUT2D eigenvalue weighted by Crippen LogP contribution is 2.37. The van der Waals surface area contributed by atoms with Gasteiger partial charge in [0, 0.05) is 22.5 Å². The molecule has 4 aromatic rings. The van der Waals surface area contributed by atoms with Crippen LogP contribution in [0.1, 0.15) is 35.5 Å². The summed E-state index contributed by atoms with van der Waals surface area (Å²) in [5.41, 5.74) is 8.73. The van der Waals surface area contributed by atoms with Crippen molar-refractivity contribution in [1.82, 2.24) is 24.7 Å². The average Bonchev–Trinajstić information content (AvgIpc) is 3.19. The Morgan fingerprint density at radius 2 is 1.90 bits per heavy atom. The van der Waals surface area contributed by atoms with Gasteiger partial charge >= 0.3 is 0 Å². The molecule has 9 heteroatoms. The Bertz CT molecular complexity index is 1210. The minimum atomic E-state index is 0.593. The standard InChI is InChI=1S/C21H21ClN6S2/c1-28-19(12-7-9-13(22)10-8-12)26-27-21(28)29-11-16-24-18(23)17-14-5-3-2-4-6-15(14)30-20(17)25-16/h7-10H,2-6,11H2,1H3,(H2,23,24,25). The predicted octanol–water partition coefficient (Wildman–Crippen LogP) is 5.28. The van der Waals surface area contributed by atoms with Crippen molar-refractivity contribution in [3.8, 4) is 11.4 Å². The van der Waals surface area contributed by atoms with E-state index in [9.17, 15) is 0 Å². The molecule has 154 valence electrons. The normalized spacial score (nSPS) is 14.1. The van der Waals surface area contributed by atoms with Gasteiger partial charge < -0.3 is 10.3 Å². The van der Waals surface area contributed by atoms with Crippen LogP contribution in [0.5, 0.6) is 0 Å². The topological polar surface area (TPSA) is 82.5 Å². The van der Waals surface area contributed by atoms with Gasteiger partial charge in [-0.1, -0.05) is 29.8 Å². The van der Waals surface area contributed by atoms with E-state index in [2.05, 4.69) is 15.2 Å². The zero-order valence-electron chi connectivity index (χ0n) is 16.6. The Balaban J connectivity index is 1.38. The highest BCUT2D eigenvalue weighted by molar-refractivity contribution is 7.98. The Kier molecular flexibility index (Phi) is 5.39. The first kappa shape index (κ1) is 19.8. The number of hydrogen-bond donors (Lipinski definition) is 1. The van der Waals surface area contributed by atoms with E-state index in [0.29, 0.717) is 16.6 Å². The Morgan fingerprint density at radius 1 is 1.10 bits per heavy atom. The summed E-state index contributed by atoms with van der Waals surface area (Å²) in [5, 5.41) is 11.3. The average molecular weight is 457 g/mol. The van der Waals surface area contributed by atoms with Crippen LogP contribution in [0.15, 0.2) is 29.4 Å². The summed E-state index contributed by atoms with van der Waals surface area (Å²) >= 11 is 9.33. The van der Waals surface area contributed by atoms with Crippen molar-refractivity contribution in [3.63, 3.8) is 0 Å². The smallest absolute Gasteiger partial charge is 0.191 e. The molecule has 6 nitrogen and oxygen atoms in total. The van der Waals surface area contributed by atoms with E-state index < -0.39 is 0 Å². The summed E-state index contributed by atoms with van der Waals surface area (Å²) in [7, 11) is 1.96. The van der Waals surface area contributed by atoms with Crippen molar-refractivity contribution in [1.29, 1.82) is 0 Å². The van der Waals surface area contributed by atoms with Gasteiger partial charge in [-0.2, -0.15) is 0 Å². The quantitative estimate of drug-likeness (QED) is 0.332. The van der Waals surface area contributed by atoms with E-state index in [4.69, 9.17) is 22.3 Å². The lowest BCUT2D eigenvalue weighted by atomic mass is 10.1. The van der Waals surface area contributed by atoms with Gasteiger partial charge in [0.05, 0.1) is 11.1 Å². The maximum atomic E-state index is 6.37. The SMILES string of the molecule is Cn1c(SCc2nc(N)c3c4c(sc3n2)CCCCC4)nnc1-c1ccc(Cl)cc1. The van der Waals surface area contributed by atoms with Gasteiger partial charge in [0.25, 0.3) is 0 Å². The monoisotopic (exact) mass is 456 g/mol. The number of thioether (sulfide) groups is 1. The number of benzene rings is 1. The molecule has 3 aromatic heterocycles. The number of nitrogen functional groups attached to an aromatic ring is 1. The van der Waals surface area contributed by atoms with Crippen molar-refractivity contribution < 1.29 is 0 Å². The highest BCUT2D eigenvalue weighted by atomic mass is 35.5. The third kappa shape index (κ3) is 3.68. The minimum absolute atomic E-state index is 0.593. The summed E-state index contributed by atoms with van der Waals surface area (Å²) in [4.78, 5) is 11.9. The fraction of sp³-hybridized carbons (Fsp3) is 0.333. The van der Waals surface area contributed by atoms with Gasteiger partial charge in [0.1, 0.15) is 16.5 Å². The molecule has 1 aromatic carbocycles. The number of rotatable bonds is 4. The van der Waals surface area contributed by atoms with Gasteiger partial charge in [0.2, 0.25) is 0 Å². The summed E-state index contributed by atoms with van der Waals surface area (Å²) in [6.45, 7) is 0. The molecule has 0 saturated heterocycles. The fourth-order valence-electron chi connectivity index (χ4n) is 3.89. The Hall–Kier alpha value is -2.16. The third-order valence-corrected chi connectivity index (χ3v) is 7.86. The number of hydrogen-bond acceptors (Lipinski definition) is 7. The lowest BCUT2D eigenvalue weighted by Gasteiger charge is -2.05. The van der Waals surface area contributed by atoms with Crippen molar-refractivity contribution in [2.24, 2.45) is 7.05 Å². The van der Waals surface area contributed by atoms with Crippen LogP contribution in [0.4, 0.5) is 5.82 Å². The molecule has 0 spiro atoms. The summed E-state index contributed by atoms with van der Waals surface area (Å²) in [5.74, 6) is 2.73. The molecule has 1 aliphatic carbocycles. The van der Waals surface area contributed by atoms with Gasteiger partial charge in [-0.3, -0.25) is 0 Å². The largest absolute Gasteiger partial charge is 0.383 e. The number of halogens is 1. The number of fused-ring (bicyclic) bond motifs is 3. The van der Waals surface area contributed by atoms with Gasteiger partial charge in [-0.05, 0) is 55.5 Å². The van der Waals surface area contributed by atoms with Crippen LogP contribution in [-0.4, -0.2) is 24.7 Å². The number of aryl methyl sites for hydroxylation is 2. The molecule has 0 unspecified atom stereocenters. The molecule has 2 N–H and O–H groups in total. The van der Waals surface area contributed by atoms with E-state index in [1.54, 1.807) is 23.1 Å². The van der Waals surface area contributed by atoms with Crippen LogP contribution in [-0.2, 0) is 25.6 Å². The van der Waals surface area contributed by atoms with Crippen LogP contribution < -0.4 is 5.73 Å². The minimum Gasteiger partial charge on any atom is -0.383 e. The van der Waals surface area contributed by atoms with E-state index in [1.165, 1.54) is 29.7 Å². The first-order valence-corrected chi connectivity index (χ1v) is 12.1. The summed E-state index contributed by atoms with van der Waals surface area (Å²) < 4.78 is 1.98. The molecular weight excluding hydrogens is 436 g/mol. The summed E-state index contributed by atoms with van der Waals surface area (Å²) in [6, 6.07) is 7.60. The number of nitrogens with two attached hydrogens (primary N) is 1. The zero-order chi connectivity index (χ0) is 20.7. The van der Waals surface area contributed by atoms with Crippen molar-refractivity contribution in [3.05, 3.63) is 45.6 Å². The molecule has 0 aliphatic heterocycles. The first-order valence-electron chi connectivity index (χ1n) is 9.95. The Morgan fingerprint density at radius 3 is 2.73 bits per heavy atom. The van der Waals surface area contributed by atoms with Crippen LogP contribution in [0, 0.1) is 0 Å². The van der Waals surface area contributed by atoms with E-state index in [0.717, 1.165) is 45.4 Å². The van der Waals surface area contributed by atoms with Crippen molar-refractivity contribution >= 4 is 50.7 Å². The molecule has 30 heavy (non-hydrogen) atoms. The van der Waals surface area contributed by atoms with Crippen LogP contribution in [0.25, 0.3) is 21.6 Å². The molecule has 0 atom stereocenters. The molecule has 0 fully saturated rings. The summed E-state index contributed by atoms with van der Waals surface area (Å²) in [6.07, 6.45) is 5.97. The number of nitrogens with zero attached hydrogens (tertiary/aromatic N) is 5. The second-order valence-electron chi connectivity index (χ2n) is 7.43. The lowest BCUT2D eigenvalue weighted by molar-refractivity contribution is 0.713. The van der Waals surface area contributed by atoms with Crippen molar-refractivity contribution in [2.45, 2.75) is 43.0 Å². The van der Waals surface area contributed by atoms with E-state index in [-0.39, 0.29) is 0 Å². The second kappa shape index (κ2) is 8.17. The van der Waals surface area contributed by atoms with Gasteiger partial charge in [-0.15, -0.1) is 21.5 Å². The zero-order valence-corrected chi connectivity index (χ0v) is 18.9. The third-order valence-electron chi connectivity index (χ3n) is 5.41. The van der Waals surface area contributed by atoms with Crippen LogP contribution in [0.3, 0.4) is 0 Å². The Labute approximate surface area is 187 Å². The molecule has 0 bridgehead atoms. The first-order chi connectivity index (χ1) is 14.6. The number of aromatic nitrogens is 5. The maximum absolute atomic E-state index is 6.37. The van der Waals surface area contributed by atoms with Crippen LogP contribution in [0.2, 0.25) is 5.02 Å². The number of anilines is 1.